The summed E-state index contributed by atoms with van der Waals surface area (Å²) >= 11 is 28.5. The van der Waals surface area contributed by atoms with E-state index in [0.29, 0.717) is 145 Å². The van der Waals surface area contributed by atoms with Gasteiger partial charge >= 0.3 is 5.97 Å². The number of aldehydes is 1. The first-order chi connectivity index (χ1) is 35.3. The molecule has 0 amide bonds. The average molecular weight is 1100 g/mol. The summed E-state index contributed by atoms with van der Waals surface area (Å²) in [5, 5.41) is 44.3. The summed E-state index contributed by atoms with van der Waals surface area (Å²) in [5.41, 5.74) is 4.38. The average Bonchev–Trinajstić information content (AvgIpc) is 4.21. The minimum absolute atomic E-state index is 0.0123. The van der Waals surface area contributed by atoms with Gasteiger partial charge in [0.05, 0.1) is 71.5 Å². The Morgan fingerprint density at radius 2 is 1.03 bits per heavy atom. The Bertz CT molecular complexity index is 3330. The van der Waals surface area contributed by atoms with Crippen molar-refractivity contribution in [2.45, 2.75) is 126 Å². The Kier molecular flexibility index (Phi) is 14.3. The van der Waals surface area contributed by atoms with E-state index in [1.54, 1.807) is 60.7 Å². The molecule has 0 unspecified atom stereocenters. The fraction of sp³-hybridized carbons (Fsp3) is 0.370. The van der Waals surface area contributed by atoms with Crippen LogP contribution in [-0.2, 0) is 33.9 Å². The molecule has 19 heteroatoms. The Hall–Kier alpha value is -4.78. The van der Waals surface area contributed by atoms with Crippen molar-refractivity contribution in [3.8, 4) is 22.5 Å². The second-order valence-corrected chi connectivity index (χ2v) is 23.0. The van der Waals surface area contributed by atoms with Gasteiger partial charge in [-0.1, -0.05) is 87.0 Å². The van der Waals surface area contributed by atoms with Crippen LogP contribution in [0.2, 0.25) is 20.1 Å². The molecular formula is C54H48Cl4N4O9S2. The van der Waals surface area contributed by atoms with Gasteiger partial charge in [-0.15, -0.1) is 22.7 Å². The van der Waals surface area contributed by atoms with Crippen molar-refractivity contribution < 1.29 is 43.4 Å². The number of carboxylic acid groups (broad SMARTS) is 1. The number of aliphatic hydroxyl groups is 2. The van der Waals surface area contributed by atoms with Gasteiger partial charge in [0, 0.05) is 39.7 Å². The maximum atomic E-state index is 11.6. The second kappa shape index (κ2) is 20.7. The lowest BCUT2D eigenvalue weighted by Gasteiger charge is -2.34. The number of hydrogen-bond acceptors (Lipinski definition) is 14. The van der Waals surface area contributed by atoms with Gasteiger partial charge in [0.1, 0.15) is 44.1 Å². The molecule has 0 atom stereocenters. The normalized spacial score (nSPS) is 22.1. The summed E-state index contributed by atoms with van der Waals surface area (Å²) in [6.45, 7) is 0.664. The largest absolute Gasteiger partial charge is 0.478 e. The highest BCUT2D eigenvalue weighted by atomic mass is 35.5. The van der Waals surface area contributed by atoms with Gasteiger partial charge in [-0.3, -0.25) is 4.79 Å². The fourth-order valence-corrected chi connectivity index (χ4v) is 13.5. The van der Waals surface area contributed by atoms with E-state index < -0.39 is 17.2 Å². The Morgan fingerprint density at radius 1 is 0.616 bits per heavy atom. The summed E-state index contributed by atoms with van der Waals surface area (Å²) in [7, 11) is 0. The summed E-state index contributed by atoms with van der Waals surface area (Å²) in [5.74, 6) is 1.39. The molecule has 4 heterocycles. The quantitative estimate of drug-likeness (QED) is 0.0873. The highest BCUT2D eigenvalue weighted by molar-refractivity contribution is 7.19. The number of thiazole rings is 2. The molecule has 4 aliphatic rings. The molecule has 13 nitrogen and oxygen atoms in total. The first-order valence-corrected chi connectivity index (χ1v) is 27.5. The van der Waals surface area contributed by atoms with Gasteiger partial charge in [0.15, 0.2) is 6.29 Å². The smallest absolute Gasteiger partial charge is 0.337 e. The summed E-state index contributed by atoms with van der Waals surface area (Å²) in [6, 6.07) is 21.2. The van der Waals surface area contributed by atoms with Crippen LogP contribution in [0.5, 0.6) is 0 Å². The van der Waals surface area contributed by atoms with Gasteiger partial charge in [-0.2, -0.15) is 0 Å². The summed E-state index contributed by atoms with van der Waals surface area (Å²) in [6.07, 6.45) is 9.72. The third kappa shape index (κ3) is 10.2. The van der Waals surface area contributed by atoms with Gasteiger partial charge < -0.3 is 33.8 Å². The molecule has 0 bridgehead atoms. The standard InChI is InChI=1S/C27H24Cl2N2O5S.C27H24Cl2N2O4S/c28-18-4-2-5-19(29)21(18)22-17(23(36-31-22)14-7-8-14)13-35-15-9-11-27(34,12-10-15)26-30-20-6-1-3-16(25(32)33)24(20)37-26;28-19-4-2-5-20(29)22(19)23-18(24(35-31-23)15-7-8-15)14-34-17-9-11-27(33,12-10-17)26-30-21-6-1-3-16(13-32)25(21)36-26/h1-6,14-15,34H,7-13H2,(H,32,33);1-6,13,15,17,33H,7-12,14H2. The number of rotatable bonds is 14. The van der Waals surface area contributed by atoms with E-state index in [1.165, 1.54) is 22.7 Å². The molecule has 12 rings (SSSR count). The van der Waals surface area contributed by atoms with Crippen LogP contribution in [0.15, 0.2) is 81.8 Å². The molecule has 4 aliphatic carbocycles. The van der Waals surface area contributed by atoms with Crippen molar-refractivity contribution in [2.75, 3.05) is 0 Å². The van der Waals surface area contributed by atoms with E-state index in [1.807, 2.05) is 12.1 Å². The van der Waals surface area contributed by atoms with Crippen LogP contribution in [0.25, 0.3) is 42.9 Å². The summed E-state index contributed by atoms with van der Waals surface area (Å²) < 4.78 is 25.6. The van der Waals surface area contributed by atoms with Crippen LogP contribution in [0.4, 0.5) is 0 Å². The van der Waals surface area contributed by atoms with Gasteiger partial charge in [0.25, 0.3) is 0 Å². The number of benzene rings is 4. The van der Waals surface area contributed by atoms with Crippen LogP contribution in [-0.4, -0.2) is 60.1 Å². The SMILES string of the molecule is O=C(O)c1cccc2nc(C3(O)CCC(OCc4c(-c5c(Cl)cccc5Cl)noc4C4CC4)CC3)sc12.O=Cc1cccc2nc(C3(O)CCC(OCc4c(-c5c(Cl)cccc5Cl)noc4C4CC4)CC3)sc12. The van der Waals surface area contributed by atoms with Crippen LogP contribution >= 0.6 is 69.1 Å². The minimum Gasteiger partial charge on any atom is -0.478 e. The fourth-order valence-electron chi connectivity index (χ4n) is 9.98. The lowest BCUT2D eigenvalue weighted by atomic mass is 9.83. The Labute approximate surface area is 447 Å². The van der Waals surface area contributed by atoms with E-state index in [0.717, 1.165) is 64.8 Å². The van der Waals surface area contributed by atoms with Crippen molar-refractivity contribution in [1.82, 2.24) is 20.3 Å². The zero-order chi connectivity index (χ0) is 50.6. The van der Waals surface area contributed by atoms with Crippen molar-refractivity contribution in [2.24, 2.45) is 0 Å². The minimum atomic E-state index is -1.11. The number of hydrogen-bond donors (Lipinski definition) is 3. The zero-order valence-electron chi connectivity index (χ0n) is 39.1. The van der Waals surface area contributed by atoms with Crippen molar-refractivity contribution in [1.29, 1.82) is 0 Å². The first-order valence-electron chi connectivity index (χ1n) is 24.3. The zero-order valence-corrected chi connectivity index (χ0v) is 43.8. The molecule has 0 radical (unpaired) electrons. The van der Waals surface area contributed by atoms with Gasteiger partial charge in [0.2, 0.25) is 0 Å². The van der Waals surface area contributed by atoms with E-state index in [-0.39, 0.29) is 17.8 Å². The van der Waals surface area contributed by atoms with Crippen LogP contribution in [0.3, 0.4) is 0 Å². The monoisotopic (exact) mass is 1100 g/mol. The third-order valence-electron chi connectivity index (χ3n) is 14.4. The molecule has 4 aromatic carbocycles. The molecule has 4 aromatic heterocycles. The second-order valence-electron chi connectivity index (χ2n) is 19.4. The lowest BCUT2D eigenvalue weighted by molar-refractivity contribution is -0.0641. The number of carboxylic acids is 1. The molecule has 8 aromatic rings. The Morgan fingerprint density at radius 3 is 1.45 bits per heavy atom. The van der Waals surface area contributed by atoms with E-state index in [9.17, 15) is 24.9 Å². The molecule has 378 valence electrons. The molecule has 0 saturated heterocycles. The highest BCUT2D eigenvalue weighted by Crippen LogP contribution is 2.49. The number of aromatic carboxylic acids is 1. The number of nitrogens with zero attached hydrogens (tertiary/aromatic N) is 4. The number of fused-ring (bicyclic) bond motifs is 2. The molecular weight excluding hydrogens is 1050 g/mol. The van der Waals surface area contributed by atoms with Crippen molar-refractivity contribution >= 4 is 102 Å². The van der Waals surface area contributed by atoms with Crippen molar-refractivity contribution in [3.63, 3.8) is 0 Å². The molecule has 4 fully saturated rings. The molecule has 4 saturated carbocycles. The number of aromatic nitrogens is 4. The maximum absolute atomic E-state index is 11.6. The van der Waals surface area contributed by atoms with Crippen molar-refractivity contribution in [3.05, 3.63) is 137 Å². The van der Waals surface area contributed by atoms with Crippen LogP contribution < -0.4 is 0 Å². The molecule has 0 aliphatic heterocycles. The lowest BCUT2D eigenvalue weighted by Crippen LogP contribution is -2.34. The molecule has 73 heavy (non-hydrogen) atoms. The predicted octanol–water partition coefficient (Wildman–Crippen LogP) is 14.5. The number of ether oxygens (including phenoxy) is 2. The van der Waals surface area contributed by atoms with E-state index in [4.69, 9.17) is 64.9 Å². The van der Waals surface area contributed by atoms with Gasteiger partial charge in [-0.25, -0.2) is 14.8 Å². The maximum Gasteiger partial charge on any atom is 0.337 e. The number of halogens is 4. The molecule has 3 N–H and O–H groups in total. The summed E-state index contributed by atoms with van der Waals surface area (Å²) in [4.78, 5) is 32.2. The Balaban J connectivity index is 0.000000157. The highest BCUT2D eigenvalue weighted by Gasteiger charge is 2.41. The van der Waals surface area contributed by atoms with Crippen LogP contribution in [0.1, 0.15) is 142 Å². The predicted molar refractivity (Wildman–Crippen MR) is 281 cm³/mol. The number of carbonyl (C=O) groups is 2. The topological polar surface area (TPSA) is 191 Å². The molecule has 0 spiro atoms. The van der Waals surface area contributed by atoms with E-state index >= 15 is 0 Å². The van der Waals surface area contributed by atoms with Gasteiger partial charge in [-0.05, 0) is 120 Å². The van der Waals surface area contributed by atoms with Crippen LogP contribution in [0, 0.1) is 0 Å². The first kappa shape index (κ1) is 50.4. The number of carbonyl (C=O) groups excluding carboxylic acids is 1. The van der Waals surface area contributed by atoms with E-state index in [2.05, 4.69) is 20.3 Å². The third-order valence-corrected chi connectivity index (χ3v) is 18.3.